The van der Waals surface area contributed by atoms with Gasteiger partial charge < -0.3 is 20.9 Å². The van der Waals surface area contributed by atoms with Crippen molar-refractivity contribution in [1.29, 1.82) is 0 Å². The highest BCUT2D eigenvalue weighted by molar-refractivity contribution is 5.73. The minimum atomic E-state index is 0.420. The molecule has 0 atom stereocenters. The van der Waals surface area contributed by atoms with E-state index in [0.29, 0.717) is 12.0 Å². The molecule has 170 valence electrons. The minimum Gasteiger partial charge on any atom is -0.356 e. The van der Waals surface area contributed by atoms with Crippen LogP contribution in [0.1, 0.15) is 50.1 Å². The number of H-pyrrole nitrogens is 1. The predicted octanol–water partition coefficient (Wildman–Crippen LogP) is 2.16. The number of carbonyl (C=O) groups is 1. The summed E-state index contributed by atoms with van der Waals surface area (Å²) >= 11 is 0. The van der Waals surface area contributed by atoms with Gasteiger partial charge in [-0.25, -0.2) is 4.52 Å². The van der Waals surface area contributed by atoms with Crippen LogP contribution in [0.4, 0.5) is 17.6 Å². The number of piperidine rings is 1. The predicted molar refractivity (Wildman–Crippen MR) is 123 cm³/mol. The minimum absolute atomic E-state index is 0.420. The van der Waals surface area contributed by atoms with E-state index in [1.165, 1.54) is 31.4 Å². The van der Waals surface area contributed by atoms with Gasteiger partial charge in [0, 0.05) is 43.0 Å². The van der Waals surface area contributed by atoms with Crippen LogP contribution in [0.15, 0.2) is 24.4 Å². The lowest BCUT2D eigenvalue weighted by Gasteiger charge is -2.21. The molecule has 1 saturated carbocycles. The first-order valence-corrected chi connectivity index (χ1v) is 11.6. The SMILES string of the molecule is O=CNC1CCNCC1.c1cc2c(Nc3cc(C4CC4)[nH]n3)nc(N3CCCC3)nn2c1. The Labute approximate surface area is 187 Å². The highest BCUT2D eigenvalue weighted by Gasteiger charge is 2.26. The lowest BCUT2D eigenvalue weighted by molar-refractivity contribution is -0.110. The van der Waals surface area contributed by atoms with Crippen molar-refractivity contribution < 1.29 is 4.79 Å². The first-order chi connectivity index (χ1) is 15.8. The van der Waals surface area contributed by atoms with Crippen LogP contribution in [0.3, 0.4) is 0 Å². The smallest absolute Gasteiger partial charge is 0.245 e. The quantitative estimate of drug-likeness (QED) is 0.437. The van der Waals surface area contributed by atoms with Crippen LogP contribution in [-0.4, -0.2) is 63.4 Å². The molecule has 10 heteroatoms. The van der Waals surface area contributed by atoms with Gasteiger partial charge in [-0.05, 0) is 63.7 Å². The van der Waals surface area contributed by atoms with E-state index < -0.39 is 0 Å². The average molecular weight is 438 g/mol. The van der Waals surface area contributed by atoms with Crippen LogP contribution in [0.2, 0.25) is 0 Å². The Morgan fingerprint density at radius 2 is 1.94 bits per heavy atom. The molecule has 5 heterocycles. The van der Waals surface area contributed by atoms with Crippen molar-refractivity contribution in [2.24, 2.45) is 0 Å². The summed E-state index contributed by atoms with van der Waals surface area (Å²) in [6.07, 6.45) is 9.82. The Morgan fingerprint density at radius 1 is 1.12 bits per heavy atom. The normalized spacial score (nSPS) is 18.9. The second-order valence-corrected chi connectivity index (χ2v) is 8.71. The molecule has 6 rings (SSSR count). The molecule has 0 spiro atoms. The van der Waals surface area contributed by atoms with E-state index in [0.717, 1.165) is 68.5 Å². The number of nitrogens with one attached hydrogen (secondary N) is 4. The Bertz CT molecular complexity index is 1030. The molecule has 3 aromatic heterocycles. The molecule has 2 saturated heterocycles. The second-order valence-electron chi connectivity index (χ2n) is 8.71. The molecule has 0 radical (unpaired) electrons. The first-order valence-electron chi connectivity index (χ1n) is 11.6. The van der Waals surface area contributed by atoms with Crippen LogP contribution in [0, 0.1) is 0 Å². The third-order valence-electron chi connectivity index (χ3n) is 6.27. The van der Waals surface area contributed by atoms with Crippen LogP contribution in [0.25, 0.3) is 5.52 Å². The van der Waals surface area contributed by atoms with Crippen molar-refractivity contribution in [3.05, 3.63) is 30.1 Å². The fourth-order valence-corrected chi connectivity index (χ4v) is 4.28. The lowest BCUT2D eigenvalue weighted by Crippen LogP contribution is -2.39. The number of aromatic amines is 1. The Kier molecular flexibility index (Phi) is 6.20. The summed E-state index contributed by atoms with van der Waals surface area (Å²) in [6, 6.07) is 6.52. The Morgan fingerprint density at radius 3 is 2.69 bits per heavy atom. The molecule has 10 nitrogen and oxygen atoms in total. The highest BCUT2D eigenvalue weighted by atomic mass is 16.1. The van der Waals surface area contributed by atoms with Crippen LogP contribution < -0.4 is 20.9 Å². The number of hydrogen-bond donors (Lipinski definition) is 4. The third-order valence-corrected chi connectivity index (χ3v) is 6.27. The summed E-state index contributed by atoms with van der Waals surface area (Å²) < 4.78 is 1.89. The van der Waals surface area contributed by atoms with Gasteiger partial charge in [0.15, 0.2) is 11.6 Å². The summed E-state index contributed by atoms with van der Waals surface area (Å²) in [7, 11) is 0. The number of amides is 1. The number of fused-ring (bicyclic) bond motifs is 1. The van der Waals surface area contributed by atoms with Crippen molar-refractivity contribution in [2.75, 3.05) is 36.4 Å². The topological polar surface area (TPSA) is 115 Å². The molecule has 3 aromatic rings. The van der Waals surface area contributed by atoms with E-state index >= 15 is 0 Å². The first kappa shape index (κ1) is 20.7. The van der Waals surface area contributed by atoms with Crippen LogP contribution >= 0.6 is 0 Å². The van der Waals surface area contributed by atoms with Gasteiger partial charge >= 0.3 is 0 Å². The van der Waals surface area contributed by atoms with E-state index in [1.54, 1.807) is 0 Å². The average Bonchev–Trinajstić information content (AvgIpc) is 3.22. The van der Waals surface area contributed by atoms with Crippen molar-refractivity contribution in [3.8, 4) is 0 Å². The van der Waals surface area contributed by atoms with Crippen molar-refractivity contribution in [3.63, 3.8) is 0 Å². The molecule has 2 aliphatic heterocycles. The maximum absolute atomic E-state index is 9.94. The Balaban J connectivity index is 0.000000203. The number of nitrogens with zero attached hydrogens (tertiary/aromatic N) is 5. The molecule has 1 amide bonds. The highest BCUT2D eigenvalue weighted by Crippen LogP contribution is 2.39. The summed E-state index contributed by atoms with van der Waals surface area (Å²) in [5.74, 6) is 3.07. The van der Waals surface area contributed by atoms with Gasteiger partial charge in [0.2, 0.25) is 12.4 Å². The van der Waals surface area contributed by atoms with Crippen LogP contribution in [-0.2, 0) is 4.79 Å². The number of hydrogen-bond acceptors (Lipinski definition) is 7. The molecule has 1 aliphatic carbocycles. The number of aromatic nitrogens is 5. The summed E-state index contributed by atoms with van der Waals surface area (Å²) in [5, 5.41) is 21.5. The van der Waals surface area contributed by atoms with Crippen LogP contribution in [0.5, 0.6) is 0 Å². The van der Waals surface area contributed by atoms with Gasteiger partial charge in [0.1, 0.15) is 5.52 Å². The zero-order valence-electron chi connectivity index (χ0n) is 18.3. The summed E-state index contributed by atoms with van der Waals surface area (Å²) in [6.45, 7) is 4.12. The Hall–Kier alpha value is -3.14. The maximum atomic E-state index is 9.94. The number of anilines is 3. The van der Waals surface area contributed by atoms with E-state index in [2.05, 4.69) is 42.2 Å². The molecular weight excluding hydrogens is 406 g/mol. The van der Waals surface area contributed by atoms with E-state index in [-0.39, 0.29) is 0 Å². The largest absolute Gasteiger partial charge is 0.356 e. The summed E-state index contributed by atoms with van der Waals surface area (Å²) in [4.78, 5) is 16.9. The van der Waals surface area contributed by atoms with Crippen molar-refractivity contribution in [2.45, 2.75) is 50.5 Å². The van der Waals surface area contributed by atoms with Gasteiger partial charge in [0.05, 0.1) is 0 Å². The number of carbonyl (C=O) groups excluding carboxylic acids is 1. The second kappa shape index (κ2) is 9.56. The molecule has 3 fully saturated rings. The fourth-order valence-electron chi connectivity index (χ4n) is 4.28. The molecule has 3 aliphatic rings. The summed E-state index contributed by atoms with van der Waals surface area (Å²) in [5.41, 5.74) is 2.18. The zero-order chi connectivity index (χ0) is 21.8. The fraction of sp³-hybridized carbons (Fsp3) is 0.545. The zero-order valence-corrected chi connectivity index (χ0v) is 18.3. The molecule has 4 N–H and O–H groups in total. The standard InChI is InChI=1S/C16H19N7.C6H12N2O/c1-2-8-22(7-1)16-18-15(13-4-3-9-23(13)21-16)17-14-10-12(19-20-14)11-5-6-11;9-5-8-6-1-3-7-4-2-6/h3-4,9-11H,1-2,5-8H2,(H2,17,18,19,20,21);5-7H,1-4H2,(H,8,9). The molecule has 0 aromatic carbocycles. The van der Waals surface area contributed by atoms with Crippen molar-refractivity contribution in [1.82, 2.24) is 35.4 Å². The molecule has 32 heavy (non-hydrogen) atoms. The molecule has 0 unspecified atom stereocenters. The third kappa shape index (κ3) is 4.85. The lowest BCUT2D eigenvalue weighted by atomic mass is 10.1. The van der Waals surface area contributed by atoms with Gasteiger partial charge in [0.25, 0.3) is 0 Å². The van der Waals surface area contributed by atoms with E-state index in [9.17, 15) is 4.79 Å². The molecule has 0 bridgehead atoms. The van der Waals surface area contributed by atoms with Gasteiger partial charge in [-0.1, -0.05) is 0 Å². The van der Waals surface area contributed by atoms with Gasteiger partial charge in [-0.2, -0.15) is 10.1 Å². The number of rotatable bonds is 6. The van der Waals surface area contributed by atoms with Crippen molar-refractivity contribution >= 4 is 29.5 Å². The molecular formula is C22H31N9O. The van der Waals surface area contributed by atoms with Gasteiger partial charge in [-0.15, -0.1) is 5.10 Å². The van der Waals surface area contributed by atoms with Gasteiger partial charge in [-0.3, -0.25) is 9.89 Å². The van der Waals surface area contributed by atoms with E-state index in [4.69, 9.17) is 4.98 Å². The monoisotopic (exact) mass is 437 g/mol. The maximum Gasteiger partial charge on any atom is 0.245 e. The van der Waals surface area contributed by atoms with E-state index in [1.807, 2.05) is 22.8 Å².